The Labute approximate surface area is 53.9 Å². The second kappa shape index (κ2) is 5.17. The van der Waals surface area contributed by atoms with Gasteiger partial charge in [0.1, 0.15) is 0 Å². The Morgan fingerprint density at radius 1 is 1.30 bits per heavy atom. The first-order valence-electron chi connectivity index (χ1n) is 1.84. The number of aliphatic imine (C=N–C) groups is 1. The number of hydrogen-bond acceptors (Lipinski definition) is 6. The van der Waals surface area contributed by atoms with Gasteiger partial charge in [-0.3, -0.25) is 0 Å². The number of amides is 1. The van der Waals surface area contributed by atoms with E-state index >= 15 is 0 Å². The van der Waals surface area contributed by atoms with Gasteiger partial charge in [0, 0.05) is 0 Å². The Balaban J connectivity index is 3.59. The first-order valence-corrected chi connectivity index (χ1v) is 1.84. The van der Waals surface area contributed by atoms with E-state index in [-0.39, 0.29) is 0 Å². The van der Waals surface area contributed by atoms with Gasteiger partial charge in [-0.1, -0.05) is 4.99 Å². The van der Waals surface area contributed by atoms with E-state index in [0.29, 0.717) is 0 Å². The molecule has 7 heteroatoms. The summed E-state index contributed by atoms with van der Waals surface area (Å²) in [5, 5.41) is 2.36. The highest BCUT2D eigenvalue weighted by molar-refractivity contribution is 5.73. The summed E-state index contributed by atoms with van der Waals surface area (Å²) in [6.07, 6.45) is 0.422. The minimum atomic E-state index is -1.35. The minimum Gasteiger partial charge on any atom is -0.217 e. The van der Waals surface area contributed by atoms with Crippen LogP contribution >= 0.6 is 0 Å². The van der Waals surface area contributed by atoms with Gasteiger partial charge in [0.15, 0.2) is 0 Å². The molecule has 0 atom stereocenters. The van der Waals surface area contributed by atoms with Crippen molar-refractivity contribution in [3.05, 3.63) is 0 Å². The molecule has 0 aromatic carbocycles. The molecule has 0 saturated carbocycles. The highest BCUT2D eigenvalue weighted by Crippen LogP contribution is 1.82. The summed E-state index contributed by atoms with van der Waals surface area (Å²) in [4.78, 5) is 37.9. The molecule has 52 valence electrons. The summed E-state index contributed by atoms with van der Waals surface area (Å²) in [5.41, 5.74) is 0. The highest BCUT2D eigenvalue weighted by atomic mass is 17.3. The van der Waals surface area contributed by atoms with Crippen molar-refractivity contribution in [1.82, 2.24) is 0 Å². The maximum Gasteiger partial charge on any atom is 0.489 e. The molecule has 0 saturated heterocycles. The molecule has 0 N–H and O–H groups in total. The van der Waals surface area contributed by atoms with E-state index in [4.69, 9.17) is 0 Å². The number of carbonyl (C=O) groups is 1. The van der Waals surface area contributed by atoms with Crippen molar-refractivity contribution in [2.24, 2.45) is 10.1 Å². The van der Waals surface area contributed by atoms with Crippen molar-refractivity contribution >= 4 is 18.3 Å². The lowest BCUT2D eigenvalue weighted by Gasteiger charge is -1.85. The fourth-order valence-corrected chi connectivity index (χ4v) is 0.122. The zero-order chi connectivity index (χ0) is 7.82. The van der Waals surface area contributed by atoms with E-state index in [1.165, 1.54) is 0 Å². The van der Waals surface area contributed by atoms with Gasteiger partial charge in [-0.2, -0.15) is 9.88 Å². The van der Waals surface area contributed by atoms with Crippen molar-refractivity contribution in [2.45, 2.75) is 0 Å². The summed E-state index contributed by atoms with van der Waals surface area (Å²) >= 11 is 0. The molecule has 0 aromatic rings. The number of isocyanates is 2. The molecule has 0 aliphatic rings. The third-order valence-corrected chi connectivity index (χ3v) is 0.320. The number of hydrogen-bond donors (Lipinski definition) is 0. The Morgan fingerprint density at radius 3 is 2.50 bits per heavy atom. The lowest BCUT2D eigenvalue weighted by Crippen LogP contribution is -1.94. The first-order chi connectivity index (χ1) is 4.81. The number of carbonyl (C=O) groups excluding carboxylic acids is 3. The molecule has 0 unspecified atom stereocenters. The molecule has 0 aliphatic heterocycles. The second-order valence-corrected chi connectivity index (χ2v) is 0.809. The Kier molecular flexibility index (Phi) is 4.15. The Hall–Kier alpha value is -1.97. The van der Waals surface area contributed by atoms with Gasteiger partial charge in [0.25, 0.3) is 6.08 Å². The first kappa shape index (κ1) is 8.03. The molecule has 0 spiro atoms. The topological polar surface area (TPSA) is 94.4 Å². The van der Waals surface area contributed by atoms with E-state index in [1.54, 1.807) is 0 Å². The quantitative estimate of drug-likeness (QED) is 0.228. The van der Waals surface area contributed by atoms with Crippen LogP contribution in [0, 0.1) is 0 Å². The molecule has 0 radical (unpaired) electrons. The molecular weight excluding hydrogens is 144 g/mol. The lowest BCUT2D eigenvalue weighted by molar-refractivity contribution is -0.236. The maximum atomic E-state index is 9.95. The highest BCUT2D eigenvalue weighted by Gasteiger charge is 1.97. The monoisotopic (exact) mass is 144 g/mol. The van der Waals surface area contributed by atoms with Crippen LogP contribution in [-0.2, 0) is 19.5 Å². The van der Waals surface area contributed by atoms with Crippen molar-refractivity contribution in [3.8, 4) is 0 Å². The van der Waals surface area contributed by atoms with Crippen molar-refractivity contribution < 1.29 is 24.3 Å². The Morgan fingerprint density at radius 2 is 2.00 bits per heavy atom. The summed E-state index contributed by atoms with van der Waals surface area (Å²) < 4.78 is 0. The van der Waals surface area contributed by atoms with E-state index in [9.17, 15) is 14.4 Å². The molecule has 0 heterocycles. The molecule has 1 amide bonds. The molecular formula is C3N2O5. The van der Waals surface area contributed by atoms with Gasteiger partial charge >= 0.3 is 6.09 Å². The molecule has 10 heavy (non-hydrogen) atoms. The largest absolute Gasteiger partial charge is 0.489 e. The summed E-state index contributed by atoms with van der Waals surface area (Å²) in [6, 6.07) is 0. The average molecular weight is 144 g/mol. The van der Waals surface area contributed by atoms with Crippen molar-refractivity contribution in [3.63, 3.8) is 0 Å². The number of rotatable bonds is 2. The van der Waals surface area contributed by atoms with Crippen LogP contribution in [0.25, 0.3) is 0 Å². The molecule has 0 aliphatic carbocycles. The zero-order valence-corrected chi connectivity index (χ0v) is 4.44. The predicted octanol–water partition coefficient (Wildman–Crippen LogP) is -0.359. The van der Waals surface area contributed by atoms with Crippen molar-refractivity contribution in [1.29, 1.82) is 0 Å². The molecule has 7 nitrogen and oxygen atoms in total. The van der Waals surface area contributed by atoms with Crippen LogP contribution in [-0.4, -0.2) is 18.3 Å². The van der Waals surface area contributed by atoms with Crippen LogP contribution in [0.4, 0.5) is 4.79 Å². The third-order valence-electron chi connectivity index (χ3n) is 0.320. The van der Waals surface area contributed by atoms with Gasteiger partial charge in [0.05, 0.1) is 5.16 Å². The Bertz CT molecular complexity index is 211. The number of nitrogens with zero attached hydrogens (tertiary/aromatic N) is 2. The van der Waals surface area contributed by atoms with Crippen LogP contribution in [0.5, 0.6) is 0 Å². The van der Waals surface area contributed by atoms with Gasteiger partial charge in [0.2, 0.25) is 6.08 Å². The third kappa shape index (κ3) is 4.20. The smallest absolute Gasteiger partial charge is 0.217 e. The van der Waals surface area contributed by atoms with Crippen LogP contribution in [0.1, 0.15) is 0 Å². The summed E-state index contributed by atoms with van der Waals surface area (Å²) in [6.45, 7) is 0. The van der Waals surface area contributed by atoms with Crippen LogP contribution in [0.15, 0.2) is 10.1 Å². The maximum absolute atomic E-state index is 9.95. The van der Waals surface area contributed by atoms with Crippen LogP contribution in [0.2, 0.25) is 0 Å². The fourth-order valence-electron chi connectivity index (χ4n) is 0.122. The van der Waals surface area contributed by atoms with E-state index in [2.05, 4.69) is 20.0 Å². The summed E-state index contributed by atoms with van der Waals surface area (Å²) in [7, 11) is 0. The predicted molar refractivity (Wildman–Crippen MR) is 23.8 cm³/mol. The van der Waals surface area contributed by atoms with Gasteiger partial charge in [-0.25, -0.2) is 14.4 Å². The normalized spacial score (nSPS) is 6.40. The summed E-state index contributed by atoms with van der Waals surface area (Å²) in [5.74, 6) is 0. The van der Waals surface area contributed by atoms with Crippen molar-refractivity contribution in [2.75, 3.05) is 0 Å². The van der Waals surface area contributed by atoms with E-state index in [0.717, 1.165) is 12.2 Å². The SMILES string of the molecule is O=C=NOOC(=O)N=C=O. The fraction of sp³-hybridized carbons (Fsp3) is 0. The molecule has 0 bridgehead atoms. The van der Waals surface area contributed by atoms with E-state index < -0.39 is 6.09 Å². The van der Waals surface area contributed by atoms with Crippen LogP contribution in [0.3, 0.4) is 0 Å². The molecule has 0 fully saturated rings. The van der Waals surface area contributed by atoms with Gasteiger partial charge in [-0.05, 0) is 0 Å². The molecule has 0 rings (SSSR count). The second-order valence-electron chi connectivity index (χ2n) is 0.809. The lowest BCUT2D eigenvalue weighted by atomic mass is 11.2. The minimum absolute atomic E-state index is 0.875. The average Bonchev–Trinajstić information content (AvgIpc) is 1.89. The van der Waals surface area contributed by atoms with E-state index in [1.807, 2.05) is 0 Å². The zero-order valence-electron chi connectivity index (χ0n) is 4.44. The van der Waals surface area contributed by atoms with Gasteiger partial charge < -0.3 is 0 Å². The standard InChI is InChI=1S/C3N2O5/c6-1-4-3(8)9-10-5-2-7. The van der Waals surface area contributed by atoms with Gasteiger partial charge in [-0.15, -0.1) is 0 Å². The van der Waals surface area contributed by atoms with Crippen LogP contribution < -0.4 is 0 Å². The molecule has 0 aromatic heterocycles.